The lowest BCUT2D eigenvalue weighted by molar-refractivity contribution is -0.384. The lowest BCUT2D eigenvalue weighted by Gasteiger charge is -2.20. The summed E-state index contributed by atoms with van der Waals surface area (Å²) < 4.78 is 0. The Kier molecular flexibility index (Phi) is 4.34. The molecule has 1 aromatic rings. The van der Waals surface area contributed by atoms with E-state index in [1.165, 1.54) is 11.0 Å². The van der Waals surface area contributed by atoms with Crippen molar-refractivity contribution in [3.63, 3.8) is 0 Å². The van der Waals surface area contributed by atoms with Crippen molar-refractivity contribution in [2.75, 3.05) is 6.54 Å². The van der Waals surface area contributed by atoms with Crippen molar-refractivity contribution in [2.24, 2.45) is 0 Å². The van der Waals surface area contributed by atoms with Crippen LogP contribution < -0.4 is 0 Å². The number of hydrogen-bond donors (Lipinski definition) is 1. The number of nitrogens with zero attached hydrogens (tertiary/aromatic N) is 2. The van der Waals surface area contributed by atoms with E-state index in [0.717, 1.165) is 6.07 Å². The molecule has 9 heteroatoms. The lowest BCUT2D eigenvalue weighted by atomic mass is 10.1. The second-order valence-electron chi connectivity index (χ2n) is 4.61. The fourth-order valence-electron chi connectivity index (χ4n) is 1.90. The number of carboxylic acids is 1. The number of rotatable bonds is 5. The summed E-state index contributed by atoms with van der Waals surface area (Å²) in [6.45, 7) is -0.461. The van der Waals surface area contributed by atoms with Gasteiger partial charge in [-0.2, -0.15) is 0 Å². The van der Waals surface area contributed by atoms with Gasteiger partial charge < -0.3 is 10.0 Å². The number of hydrogen-bond acceptors (Lipinski definition) is 4. The molecule has 0 aromatic heterocycles. The maximum Gasteiger partial charge on any atom is 0.323 e. The van der Waals surface area contributed by atoms with E-state index in [1.807, 2.05) is 0 Å². The predicted octanol–water partition coefficient (Wildman–Crippen LogP) is 2.59. The molecule has 1 aliphatic carbocycles. The van der Waals surface area contributed by atoms with Gasteiger partial charge in [0, 0.05) is 17.7 Å². The molecule has 0 spiro atoms. The number of halogens is 2. The number of nitro groups is 1. The number of aliphatic carboxylic acids is 1. The molecule has 1 aliphatic rings. The first kappa shape index (κ1) is 15.5. The third-order valence-electron chi connectivity index (χ3n) is 3.01. The summed E-state index contributed by atoms with van der Waals surface area (Å²) in [5.41, 5.74) is -0.539. The molecule has 2 rings (SSSR count). The predicted molar refractivity (Wildman–Crippen MR) is 74.8 cm³/mol. The molecule has 1 amide bonds. The zero-order chi connectivity index (χ0) is 15.7. The quantitative estimate of drug-likeness (QED) is 0.659. The monoisotopic (exact) mass is 332 g/mol. The highest BCUT2D eigenvalue weighted by Crippen LogP contribution is 2.35. The Morgan fingerprint density at radius 2 is 2.00 bits per heavy atom. The minimum absolute atomic E-state index is 0.0516. The molecule has 0 unspecified atom stereocenters. The van der Waals surface area contributed by atoms with Crippen LogP contribution in [-0.4, -0.2) is 39.4 Å². The van der Waals surface area contributed by atoms with Crippen LogP contribution in [0.15, 0.2) is 12.1 Å². The molecule has 0 atom stereocenters. The number of nitro benzene ring substituents is 1. The number of carboxylic acid groups (broad SMARTS) is 1. The van der Waals surface area contributed by atoms with Crippen molar-refractivity contribution >= 4 is 40.8 Å². The van der Waals surface area contributed by atoms with Crippen LogP contribution in [0, 0.1) is 10.1 Å². The maximum absolute atomic E-state index is 12.3. The van der Waals surface area contributed by atoms with Gasteiger partial charge in [-0.15, -0.1) is 0 Å². The molecule has 1 aromatic carbocycles. The van der Waals surface area contributed by atoms with E-state index in [1.54, 1.807) is 0 Å². The van der Waals surface area contributed by atoms with Crippen LogP contribution in [0.4, 0.5) is 5.69 Å². The highest BCUT2D eigenvalue weighted by atomic mass is 35.5. The summed E-state index contributed by atoms with van der Waals surface area (Å²) in [7, 11) is 0. The summed E-state index contributed by atoms with van der Waals surface area (Å²) >= 11 is 11.5. The highest BCUT2D eigenvalue weighted by molar-refractivity contribution is 6.43. The molecule has 1 saturated carbocycles. The Bertz CT molecular complexity index is 630. The number of carbonyl (C=O) groups excluding carboxylic acids is 1. The molecule has 0 aliphatic heterocycles. The molecule has 0 radical (unpaired) electrons. The van der Waals surface area contributed by atoms with Crippen LogP contribution in [0.1, 0.15) is 23.2 Å². The Morgan fingerprint density at radius 3 is 2.48 bits per heavy atom. The first-order valence-electron chi connectivity index (χ1n) is 5.97. The van der Waals surface area contributed by atoms with Crippen molar-refractivity contribution in [3.8, 4) is 0 Å². The summed E-state index contributed by atoms with van der Waals surface area (Å²) in [6.07, 6.45) is 1.42. The van der Waals surface area contributed by atoms with Gasteiger partial charge in [0.1, 0.15) is 11.6 Å². The zero-order valence-electron chi connectivity index (χ0n) is 10.6. The first-order valence-corrected chi connectivity index (χ1v) is 6.73. The molecule has 0 saturated heterocycles. The normalized spacial score (nSPS) is 13.8. The van der Waals surface area contributed by atoms with E-state index >= 15 is 0 Å². The van der Waals surface area contributed by atoms with Gasteiger partial charge in [0.25, 0.3) is 11.6 Å². The molecule has 112 valence electrons. The molecular formula is C12H10Cl2N2O5. The van der Waals surface area contributed by atoms with Crippen LogP contribution in [-0.2, 0) is 4.79 Å². The van der Waals surface area contributed by atoms with Crippen LogP contribution in [0.5, 0.6) is 0 Å². The zero-order valence-corrected chi connectivity index (χ0v) is 12.1. The standard InChI is InChI=1S/C12H10Cl2N2O5/c13-8-3-6(4-9(11(8)14)16(20)21)12(19)15(5-10(17)18)7-1-2-7/h3-4,7H,1-2,5H2,(H,17,18). The second kappa shape index (κ2) is 5.87. The van der Waals surface area contributed by atoms with Crippen molar-refractivity contribution < 1.29 is 19.6 Å². The van der Waals surface area contributed by atoms with Crippen LogP contribution in [0.3, 0.4) is 0 Å². The van der Waals surface area contributed by atoms with Gasteiger partial charge in [-0.1, -0.05) is 23.2 Å². The van der Waals surface area contributed by atoms with Crippen molar-refractivity contribution in [2.45, 2.75) is 18.9 Å². The van der Waals surface area contributed by atoms with E-state index in [2.05, 4.69) is 0 Å². The fourth-order valence-corrected chi connectivity index (χ4v) is 2.29. The Morgan fingerprint density at radius 1 is 1.38 bits per heavy atom. The minimum atomic E-state index is -1.15. The second-order valence-corrected chi connectivity index (χ2v) is 5.39. The number of benzene rings is 1. The molecular weight excluding hydrogens is 323 g/mol. The SMILES string of the molecule is O=C(O)CN(C(=O)c1cc(Cl)c(Cl)c([N+](=O)[O-])c1)C1CC1. The summed E-state index contributed by atoms with van der Waals surface area (Å²) in [5.74, 6) is -1.76. The third-order valence-corrected chi connectivity index (χ3v) is 3.80. The van der Waals surface area contributed by atoms with Gasteiger partial charge in [0.05, 0.1) is 9.95 Å². The Hall–Kier alpha value is -1.86. The molecule has 1 fully saturated rings. The van der Waals surface area contributed by atoms with E-state index in [4.69, 9.17) is 28.3 Å². The Labute approximate surface area is 129 Å². The largest absolute Gasteiger partial charge is 0.480 e. The van der Waals surface area contributed by atoms with Crippen molar-refractivity contribution in [3.05, 3.63) is 37.9 Å². The smallest absolute Gasteiger partial charge is 0.323 e. The molecule has 21 heavy (non-hydrogen) atoms. The van der Waals surface area contributed by atoms with Crippen LogP contribution in [0.25, 0.3) is 0 Å². The summed E-state index contributed by atoms with van der Waals surface area (Å²) in [5, 5.41) is 19.4. The first-order chi connectivity index (χ1) is 9.81. The average molecular weight is 333 g/mol. The number of carbonyl (C=O) groups is 2. The van der Waals surface area contributed by atoms with E-state index in [-0.39, 0.29) is 21.7 Å². The Balaban J connectivity index is 2.37. The fraction of sp³-hybridized carbons (Fsp3) is 0.333. The topological polar surface area (TPSA) is 101 Å². The lowest BCUT2D eigenvalue weighted by Crippen LogP contribution is -2.37. The van der Waals surface area contributed by atoms with Gasteiger partial charge in [-0.3, -0.25) is 19.7 Å². The van der Waals surface area contributed by atoms with Gasteiger partial charge in [0.2, 0.25) is 0 Å². The van der Waals surface area contributed by atoms with Crippen molar-refractivity contribution in [1.82, 2.24) is 4.90 Å². The minimum Gasteiger partial charge on any atom is -0.480 e. The average Bonchev–Trinajstić information content (AvgIpc) is 3.22. The van der Waals surface area contributed by atoms with Gasteiger partial charge >= 0.3 is 5.97 Å². The number of amides is 1. The van der Waals surface area contributed by atoms with Crippen LogP contribution >= 0.6 is 23.2 Å². The van der Waals surface area contributed by atoms with Gasteiger partial charge in [-0.05, 0) is 18.9 Å². The van der Waals surface area contributed by atoms with Gasteiger partial charge in [-0.25, -0.2) is 0 Å². The van der Waals surface area contributed by atoms with E-state index in [9.17, 15) is 19.7 Å². The molecule has 7 nitrogen and oxygen atoms in total. The maximum atomic E-state index is 12.3. The van der Waals surface area contributed by atoms with Crippen molar-refractivity contribution in [1.29, 1.82) is 0 Å². The van der Waals surface area contributed by atoms with Crippen LogP contribution in [0.2, 0.25) is 10.0 Å². The third kappa shape index (κ3) is 3.43. The molecule has 1 N–H and O–H groups in total. The summed E-state index contributed by atoms with van der Waals surface area (Å²) in [4.78, 5) is 34.5. The summed E-state index contributed by atoms with van der Waals surface area (Å²) in [6, 6.07) is 2.06. The van der Waals surface area contributed by atoms with Gasteiger partial charge in [0.15, 0.2) is 0 Å². The molecule has 0 bridgehead atoms. The highest BCUT2D eigenvalue weighted by Gasteiger charge is 2.35. The van der Waals surface area contributed by atoms with E-state index < -0.39 is 29.0 Å². The molecule has 0 heterocycles. The van der Waals surface area contributed by atoms with E-state index in [0.29, 0.717) is 12.8 Å².